The maximum atomic E-state index is 10.7. The Kier molecular flexibility index (Phi) is 2.23. The third-order valence-electron chi connectivity index (χ3n) is 3.98. The van der Waals surface area contributed by atoms with Gasteiger partial charge in [-0.1, -0.05) is 18.2 Å². The average molecular weight is 235 g/mol. The summed E-state index contributed by atoms with van der Waals surface area (Å²) in [6, 6.07) is 7.92. The van der Waals surface area contributed by atoms with Crippen LogP contribution in [0.1, 0.15) is 25.3 Å². The molecule has 3 rings (SSSR count). The smallest absolute Gasteiger partial charge is 0.225 e. The first-order chi connectivity index (χ1) is 8.11. The van der Waals surface area contributed by atoms with Gasteiger partial charge in [0, 0.05) is 25.6 Å². The van der Waals surface area contributed by atoms with Gasteiger partial charge in [0.2, 0.25) is 5.79 Å². The van der Waals surface area contributed by atoms with Gasteiger partial charge in [0.05, 0.1) is 5.69 Å². The second-order valence-corrected chi connectivity index (χ2v) is 4.84. The third kappa shape index (κ3) is 1.29. The zero-order valence-corrected chi connectivity index (χ0v) is 10.1. The Morgan fingerprint density at radius 1 is 1.41 bits per heavy atom. The number of hydrogen-bond acceptors (Lipinski definition) is 4. The molecule has 2 aliphatic rings. The Balaban J connectivity index is 2.23. The fourth-order valence-corrected chi connectivity index (χ4v) is 2.81. The van der Waals surface area contributed by atoms with Crippen molar-refractivity contribution in [1.29, 1.82) is 0 Å². The summed E-state index contributed by atoms with van der Waals surface area (Å²) in [5.41, 5.74) is 1.15. The van der Waals surface area contributed by atoms with E-state index in [9.17, 15) is 5.11 Å². The monoisotopic (exact) mass is 235 g/mol. The number of ether oxygens (including phenoxy) is 1. The molecular weight excluding hydrogens is 218 g/mol. The van der Waals surface area contributed by atoms with Crippen LogP contribution in [0.4, 0.5) is 5.69 Å². The summed E-state index contributed by atoms with van der Waals surface area (Å²) in [6.45, 7) is 2.69. The predicted molar refractivity (Wildman–Crippen MR) is 63.4 cm³/mol. The van der Waals surface area contributed by atoms with E-state index in [1.165, 1.54) is 0 Å². The molecule has 2 bridgehead atoms. The van der Waals surface area contributed by atoms with Gasteiger partial charge in [0.25, 0.3) is 0 Å². The molecule has 2 aliphatic heterocycles. The number of hydrogen-bond donors (Lipinski definition) is 1. The lowest BCUT2D eigenvalue weighted by Crippen LogP contribution is -2.62. The molecule has 17 heavy (non-hydrogen) atoms. The van der Waals surface area contributed by atoms with Crippen LogP contribution in [0.3, 0.4) is 0 Å². The lowest BCUT2D eigenvalue weighted by Gasteiger charge is -2.53. The molecule has 1 N–H and O–H groups in total. The highest BCUT2D eigenvalue weighted by Gasteiger charge is 2.57. The van der Waals surface area contributed by atoms with E-state index in [4.69, 9.17) is 9.57 Å². The van der Waals surface area contributed by atoms with Crippen molar-refractivity contribution in [3.8, 4) is 0 Å². The van der Waals surface area contributed by atoms with Crippen molar-refractivity contribution in [2.75, 3.05) is 18.7 Å². The molecule has 0 radical (unpaired) electrons. The van der Waals surface area contributed by atoms with Crippen molar-refractivity contribution < 1.29 is 14.7 Å². The van der Waals surface area contributed by atoms with Gasteiger partial charge < -0.3 is 9.84 Å². The van der Waals surface area contributed by atoms with Gasteiger partial charge in [-0.2, -0.15) is 0 Å². The molecule has 0 aliphatic carbocycles. The van der Waals surface area contributed by atoms with Crippen LogP contribution in [0.5, 0.6) is 0 Å². The third-order valence-corrected chi connectivity index (χ3v) is 3.98. The lowest BCUT2D eigenvalue weighted by atomic mass is 9.80. The van der Waals surface area contributed by atoms with Gasteiger partial charge in [-0.3, -0.25) is 5.06 Å². The van der Waals surface area contributed by atoms with Crippen LogP contribution in [-0.4, -0.2) is 24.5 Å². The minimum absolute atomic E-state index is 0.585. The number of nitrogens with zero attached hydrogens (tertiary/aromatic N) is 1. The van der Waals surface area contributed by atoms with Gasteiger partial charge in [0.15, 0.2) is 0 Å². The van der Waals surface area contributed by atoms with Crippen molar-refractivity contribution in [2.24, 2.45) is 0 Å². The van der Waals surface area contributed by atoms with Gasteiger partial charge >= 0.3 is 0 Å². The van der Waals surface area contributed by atoms with E-state index in [2.05, 4.69) is 0 Å². The molecule has 0 aromatic heterocycles. The molecule has 0 unspecified atom stereocenters. The molecule has 92 valence electrons. The highest BCUT2D eigenvalue weighted by molar-refractivity contribution is 5.57. The normalized spacial score (nSPS) is 35.6. The minimum atomic E-state index is -1.27. The first kappa shape index (κ1) is 11.0. The topological polar surface area (TPSA) is 41.9 Å². The van der Waals surface area contributed by atoms with Crippen LogP contribution in [0.15, 0.2) is 24.3 Å². The molecule has 1 saturated heterocycles. The molecular formula is C13H17NO3. The Labute approximate surface area is 101 Å². The summed E-state index contributed by atoms with van der Waals surface area (Å²) in [5.74, 6) is -1.27. The van der Waals surface area contributed by atoms with E-state index in [-0.39, 0.29) is 0 Å². The number of benzene rings is 1. The average Bonchev–Trinajstić information content (AvgIpc) is 2.36. The Morgan fingerprint density at radius 3 is 2.94 bits per heavy atom. The number of hydroxylamine groups is 1. The van der Waals surface area contributed by atoms with Gasteiger partial charge in [-0.25, -0.2) is 4.84 Å². The summed E-state index contributed by atoms with van der Waals surface area (Å²) < 4.78 is 5.59. The van der Waals surface area contributed by atoms with Crippen molar-refractivity contribution in [3.05, 3.63) is 29.8 Å². The van der Waals surface area contributed by atoms with Crippen molar-refractivity contribution in [1.82, 2.24) is 0 Å². The quantitative estimate of drug-likeness (QED) is 0.805. The summed E-state index contributed by atoms with van der Waals surface area (Å²) in [6.07, 6.45) is 1.48. The molecule has 2 heterocycles. The second kappa shape index (κ2) is 3.45. The van der Waals surface area contributed by atoms with Crippen LogP contribution in [0.2, 0.25) is 0 Å². The van der Waals surface area contributed by atoms with Crippen molar-refractivity contribution in [2.45, 2.75) is 31.2 Å². The van der Waals surface area contributed by atoms with Crippen LogP contribution >= 0.6 is 0 Å². The Morgan fingerprint density at radius 2 is 2.18 bits per heavy atom. The summed E-state index contributed by atoms with van der Waals surface area (Å²) in [7, 11) is 1.61. The zero-order valence-electron chi connectivity index (χ0n) is 10.1. The van der Waals surface area contributed by atoms with Crippen molar-refractivity contribution in [3.63, 3.8) is 0 Å². The minimum Gasteiger partial charge on any atom is -0.368 e. The van der Waals surface area contributed by atoms with Crippen LogP contribution in [0.25, 0.3) is 0 Å². The molecule has 0 amide bonds. The molecule has 1 fully saturated rings. The van der Waals surface area contributed by atoms with Gasteiger partial charge in [-0.15, -0.1) is 0 Å². The fourth-order valence-electron chi connectivity index (χ4n) is 2.81. The van der Waals surface area contributed by atoms with Gasteiger partial charge in [0.1, 0.15) is 5.60 Å². The number of para-hydroxylation sites is 1. The standard InChI is InChI=1S/C13H17NO3/c1-12(16-2)10-6-3-4-7-11(10)14-9-5-8-13(12,15)17-14/h3-4,6-7,15H,5,8-9H2,1-2H3/t12-,13+/m0/s1. The van der Waals surface area contributed by atoms with E-state index in [0.29, 0.717) is 6.42 Å². The van der Waals surface area contributed by atoms with E-state index < -0.39 is 11.4 Å². The number of aliphatic hydroxyl groups is 1. The number of methoxy groups -OCH3 is 1. The summed E-state index contributed by atoms with van der Waals surface area (Å²) >= 11 is 0. The first-order valence-corrected chi connectivity index (χ1v) is 5.94. The Bertz CT molecular complexity index is 450. The summed E-state index contributed by atoms with van der Waals surface area (Å²) in [4.78, 5) is 5.71. The highest BCUT2D eigenvalue weighted by Crippen LogP contribution is 2.50. The number of anilines is 1. The van der Waals surface area contributed by atoms with E-state index in [1.807, 2.05) is 31.2 Å². The van der Waals surface area contributed by atoms with E-state index in [1.54, 1.807) is 12.2 Å². The van der Waals surface area contributed by atoms with E-state index >= 15 is 0 Å². The predicted octanol–water partition coefficient (Wildman–Crippen LogP) is 1.78. The fraction of sp³-hybridized carbons (Fsp3) is 0.538. The largest absolute Gasteiger partial charge is 0.368 e. The van der Waals surface area contributed by atoms with Crippen molar-refractivity contribution >= 4 is 5.69 Å². The molecule has 4 nitrogen and oxygen atoms in total. The zero-order chi connectivity index (χ0) is 12.1. The van der Waals surface area contributed by atoms with Crippen LogP contribution in [0, 0.1) is 0 Å². The molecule has 0 saturated carbocycles. The van der Waals surface area contributed by atoms with Crippen LogP contribution < -0.4 is 5.06 Å². The maximum Gasteiger partial charge on any atom is 0.225 e. The Hall–Kier alpha value is -1.10. The van der Waals surface area contributed by atoms with Crippen LogP contribution in [-0.2, 0) is 15.2 Å². The molecule has 0 spiro atoms. The molecule has 1 aromatic carbocycles. The van der Waals surface area contributed by atoms with Gasteiger partial charge in [-0.05, 0) is 19.4 Å². The maximum absolute atomic E-state index is 10.7. The second-order valence-electron chi connectivity index (χ2n) is 4.84. The molecule has 4 heteroatoms. The highest BCUT2D eigenvalue weighted by atomic mass is 16.8. The van der Waals surface area contributed by atoms with E-state index in [0.717, 1.165) is 24.2 Å². The number of rotatable bonds is 1. The SMILES string of the molecule is CO[C@@]1(C)c2ccccc2N2CCC[C@@]1(O)O2. The lowest BCUT2D eigenvalue weighted by molar-refractivity contribution is -0.332. The molecule has 1 aromatic rings. The molecule has 2 atom stereocenters. The number of fused-ring (bicyclic) bond motifs is 4. The first-order valence-electron chi connectivity index (χ1n) is 5.94. The summed E-state index contributed by atoms with van der Waals surface area (Å²) in [5, 5.41) is 12.5.